The van der Waals surface area contributed by atoms with Crippen molar-refractivity contribution in [2.45, 2.75) is 6.42 Å². The van der Waals surface area contributed by atoms with E-state index in [0.717, 1.165) is 0 Å². The number of hydrogen-bond donors (Lipinski definition) is 0. The third kappa shape index (κ3) is 3.20. The summed E-state index contributed by atoms with van der Waals surface area (Å²) in [6.45, 7) is 3.51. The molecule has 1 aromatic carbocycles. The van der Waals surface area contributed by atoms with Gasteiger partial charge in [-0.05, 0) is 0 Å². The fourth-order valence-electron chi connectivity index (χ4n) is 1.20. The highest BCUT2D eigenvalue weighted by molar-refractivity contribution is 5.74. The minimum atomic E-state index is -0.518. The van der Waals surface area contributed by atoms with E-state index in [1.807, 2.05) is 0 Å². The Labute approximate surface area is 92.5 Å². The summed E-state index contributed by atoms with van der Waals surface area (Å²) < 4.78 is 4.75. The molecule has 1 rings (SSSR count). The molecule has 1 aromatic rings. The number of rotatable bonds is 5. The first-order valence-electron chi connectivity index (χ1n) is 4.64. The quantitative estimate of drug-likeness (QED) is 0.329. The molecule has 16 heavy (non-hydrogen) atoms. The molecule has 5 nitrogen and oxygen atoms in total. The van der Waals surface area contributed by atoms with E-state index in [1.54, 1.807) is 12.1 Å². The summed E-state index contributed by atoms with van der Waals surface area (Å²) in [6.07, 6.45) is 1.34. The normalized spacial score (nSPS) is 9.50. The van der Waals surface area contributed by atoms with E-state index < -0.39 is 10.9 Å². The molecular weight excluding hydrogens is 210 g/mol. The van der Waals surface area contributed by atoms with Gasteiger partial charge in [0, 0.05) is 11.6 Å². The summed E-state index contributed by atoms with van der Waals surface area (Å²) in [6, 6.07) is 6.09. The third-order valence-corrected chi connectivity index (χ3v) is 1.89. The summed E-state index contributed by atoms with van der Waals surface area (Å²) in [5, 5.41) is 10.7. The molecule has 0 atom stereocenters. The molecule has 0 radical (unpaired) electrons. The summed E-state index contributed by atoms with van der Waals surface area (Å²) in [7, 11) is 0. The number of carbonyl (C=O) groups excluding carboxylic acids is 1. The summed E-state index contributed by atoms with van der Waals surface area (Å²) in [5.74, 6) is -0.505. The molecule has 0 aromatic heterocycles. The van der Waals surface area contributed by atoms with E-state index in [9.17, 15) is 14.9 Å². The van der Waals surface area contributed by atoms with Crippen LogP contribution in [0.1, 0.15) is 5.56 Å². The molecule has 0 fully saturated rings. The monoisotopic (exact) mass is 221 g/mol. The van der Waals surface area contributed by atoms with Crippen molar-refractivity contribution in [1.29, 1.82) is 0 Å². The molecule has 0 spiro atoms. The van der Waals surface area contributed by atoms with Gasteiger partial charge in [-0.2, -0.15) is 0 Å². The Morgan fingerprint density at radius 1 is 1.50 bits per heavy atom. The molecule has 0 N–H and O–H groups in total. The molecule has 0 aliphatic heterocycles. The van der Waals surface area contributed by atoms with Crippen molar-refractivity contribution >= 4 is 11.7 Å². The Hall–Kier alpha value is -2.17. The Morgan fingerprint density at radius 3 is 2.81 bits per heavy atom. The number of para-hydroxylation sites is 1. The number of esters is 1. The molecular formula is C11H11NO4. The van der Waals surface area contributed by atoms with Crippen molar-refractivity contribution in [2.75, 3.05) is 6.61 Å². The number of carbonyl (C=O) groups is 1. The number of ether oxygens (including phenoxy) is 1. The fraction of sp³-hybridized carbons (Fsp3) is 0.182. The van der Waals surface area contributed by atoms with Gasteiger partial charge in [-0.15, -0.1) is 0 Å². The van der Waals surface area contributed by atoms with Gasteiger partial charge in [0.15, 0.2) is 0 Å². The summed E-state index contributed by atoms with van der Waals surface area (Å²) in [5.41, 5.74) is 0.277. The van der Waals surface area contributed by atoms with Gasteiger partial charge in [0.1, 0.15) is 6.61 Å². The molecule has 0 saturated carbocycles. The maximum Gasteiger partial charge on any atom is 0.310 e. The average Bonchev–Trinajstić information content (AvgIpc) is 2.27. The minimum Gasteiger partial charge on any atom is -0.461 e. The van der Waals surface area contributed by atoms with E-state index in [0.29, 0.717) is 5.56 Å². The van der Waals surface area contributed by atoms with Crippen LogP contribution in [0.2, 0.25) is 0 Å². The SMILES string of the molecule is C=CCOC(=O)Cc1ccccc1[N+](=O)[O-]. The molecule has 5 heteroatoms. The lowest BCUT2D eigenvalue weighted by Crippen LogP contribution is -2.09. The van der Waals surface area contributed by atoms with Crippen LogP contribution < -0.4 is 0 Å². The van der Waals surface area contributed by atoms with Crippen LogP contribution >= 0.6 is 0 Å². The Morgan fingerprint density at radius 2 is 2.19 bits per heavy atom. The van der Waals surface area contributed by atoms with Crippen molar-refractivity contribution in [1.82, 2.24) is 0 Å². The van der Waals surface area contributed by atoms with E-state index in [-0.39, 0.29) is 18.7 Å². The minimum absolute atomic E-state index is 0.0712. The summed E-state index contributed by atoms with van der Waals surface area (Å²) in [4.78, 5) is 21.4. The summed E-state index contributed by atoms with van der Waals surface area (Å²) >= 11 is 0. The van der Waals surface area contributed by atoms with Crippen LogP contribution in [0, 0.1) is 10.1 Å². The van der Waals surface area contributed by atoms with Crippen molar-refractivity contribution in [3.63, 3.8) is 0 Å². The van der Waals surface area contributed by atoms with E-state index in [1.165, 1.54) is 18.2 Å². The van der Waals surface area contributed by atoms with Crippen molar-refractivity contribution in [2.24, 2.45) is 0 Å². The van der Waals surface area contributed by atoms with Crippen LogP contribution in [-0.4, -0.2) is 17.5 Å². The van der Waals surface area contributed by atoms with Crippen molar-refractivity contribution in [3.8, 4) is 0 Å². The predicted octanol–water partition coefficient (Wildman–Crippen LogP) is 1.87. The number of benzene rings is 1. The number of nitrogens with zero attached hydrogens (tertiary/aromatic N) is 1. The molecule has 0 unspecified atom stereocenters. The lowest BCUT2D eigenvalue weighted by molar-refractivity contribution is -0.385. The van der Waals surface area contributed by atoms with Gasteiger partial charge in [-0.3, -0.25) is 14.9 Å². The van der Waals surface area contributed by atoms with Crippen LogP contribution in [-0.2, 0) is 16.0 Å². The van der Waals surface area contributed by atoms with Crippen LogP contribution in [0.3, 0.4) is 0 Å². The van der Waals surface area contributed by atoms with Gasteiger partial charge < -0.3 is 4.74 Å². The topological polar surface area (TPSA) is 69.4 Å². The van der Waals surface area contributed by atoms with Crippen LogP contribution in [0.15, 0.2) is 36.9 Å². The zero-order valence-corrected chi connectivity index (χ0v) is 8.59. The highest BCUT2D eigenvalue weighted by Crippen LogP contribution is 2.18. The van der Waals surface area contributed by atoms with E-state index >= 15 is 0 Å². The third-order valence-electron chi connectivity index (χ3n) is 1.89. The molecule has 0 bridgehead atoms. The van der Waals surface area contributed by atoms with Crippen LogP contribution in [0.4, 0.5) is 5.69 Å². The maximum absolute atomic E-state index is 11.3. The molecule has 0 saturated heterocycles. The molecule has 0 amide bonds. The zero-order chi connectivity index (χ0) is 12.0. The second-order valence-electron chi connectivity index (χ2n) is 3.03. The van der Waals surface area contributed by atoms with Crippen molar-refractivity contribution in [3.05, 3.63) is 52.6 Å². The molecule has 0 heterocycles. The Balaban J connectivity index is 2.76. The number of nitro benzene ring substituents is 1. The Bertz CT molecular complexity index is 414. The predicted molar refractivity (Wildman–Crippen MR) is 58.0 cm³/mol. The van der Waals surface area contributed by atoms with Crippen molar-refractivity contribution < 1.29 is 14.5 Å². The maximum atomic E-state index is 11.3. The smallest absolute Gasteiger partial charge is 0.310 e. The average molecular weight is 221 g/mol. The lowest BCUT2D eigenvalue weighted by Gasteiger charge is -2.02. The highest BCUT2D eigenvalue weighted by Gasteiger charge is 2.15. The van der Waals surface area contributed by atoms with E-state index in [2.05, 4.69) is 6.58 Å². The zero-order valence-electron chi connectivity index (χ0n) is 8.59. The standard InChI is InChI=1S/C11H11NO4/c1-2-7-16-11(13)8-9-5-3-4-6-10(9)12(14)15/h2-6H,1,7-8H2. The first-order chi connectivity index (χ1) is 7.65. The first kappa shape index (κ1) is 11.9. The van der Waals surface area contributed by atoms with E-state index in [4.69, 9.17) is 4.74 Å². The Kier molecular flexibility index (Phi) is 4.20. The molecule has 0 aliphatic rings. The lowest BCUT2D eigenvalue weighted by atomic mass is 10.1. The van der Waals surface area contributed by atoms with Gasteiger partial charge in [0.25, 0.3) is 5.69 Å². The largest absolute Gasteiger partial charge is 0.461 e. The van der Waals surface area contributed by atoms with Gasteiger partial charge in [0.2, 0.25) is 0 Å². The number of nitro groups is 1. The molecule has 84 valence electrons. The second-order valence-corrected chi connectivity index (χ2v) is 3.03. The number of hydrogen-bond acceptors (Lipinski definition) is 4. The van der Waals surface area contributed by atoms with Gasteiger partial charge in [-0.25, -0.2) is 0 Å². The first-order valence-corrected chi connectivity index (χ1v) is 4.64. The van der Waals surface area contributed by atoms with Gasteiger partial charge in [0.05, 0.1) is 11.3 Å². The van der Waals surface area contributed by atoms with Crippen LogP contribution in [0.25, 0.3) is 0 Å². The van der Waals surface area contributed by atoms with Gasteiger partial charge in [-0.1, -0.05) is 30.9 Å². The highest BCUT2D eigenvalue weighted by atomic mass is 16.6. The second kappa shape index (κ2) is 5.65. The fourth-order valence-corrected chi connectivity index (χ4v) is 1.20. The van der Waals surface area contributed by atoms with Gasteiger partial charge >= 0.3 is 5.97 Å². The molecule has 0 aliphatic carbocycles. The van der Waals surface area contributed by atoms with Crippen LogP contribution in [0.5, 0.6) is 0 Å².